The Kier molecular flexibility index (Phi) is 2.23. The van der Waals surface area contributed by atoms with Gasteiger partial charge in [0.05, 0.1) is 5.69 Å². The van der Waals surface area contributed by atoms with Gasteiger partial charge in [-0.1, -0.05) is 18.2 Å². The molecule has 2 heterocycles. The summed E-state index contributed by atoms with van der Waals surface area (Å²) in [5.74, 6) is 0.465. The van der Waals surface area contributed by atoms with Crippen molar-refractivity contribution in [1.82, 2.24) is 4.57 Å². The number of anilines is 1. The number of pyridine rings is 1. The molecule has 0 spiro atoms. The summed E-state index contributed by atoms with van der Waals surface area (Å²) in [7, 11) is 0. The van der Waals surface area contributed by atoms with Crippen LogP contribution >= 0.6 is 11.3 Å². The van der Waals surface area contributed by atoms with E-state index in [-0.39, 0.29) is 5.56 Å². The molecular formula is C13H10N2OS. The standard InChI is InChI=1S/C13H10N2OS/c14-12-7-9-3-1-2-4-11(9)13(16)15(12)10-5-6-17-8-10/h1-8H,14H2. The Morgan fingerprint density at radius 2 is 2.00 bits per heavy atom. The van der Waals surface area contributed by atoms with Gasteiger partial charge < -0.3 is 5.73 Å². The average Bonchev–Trinajstić information content (AvgIpc) is 2.83. The zero-order valence-electron chi connectivity index (χ0n) is 8.96. The first-order valence-electron chi connectivity index (χ1n) is 5.20. The molecule has 0 saturated carbocycles. The number of benzene rings is 1. The second-order valence-electron chi connectivity index (χ2n) is 3.78. The molecule has 4 heteroatoms. The van der Waals surface area contributed by atoms with E-state index < -0.39 is 0 Å². The van der Waals surface area contributed by atoms with Crippen LogP contribution in [0, 0.1) is 0 Å². The smallest absolute Gasteiger partial charge is 0.264 e. The summed E-state index contributed by atoms with van der Waals surface area (Å²) < 4.78 is 1.54. The van der Waals surface area contributed by atoms with Crippen molar-refractivity contribution < 1.29 is 0 Å². The normalized spacial score (nSPS) is 10.8. The molecule has 2 aromatic heterocycles. The van der Waals surface area contributed by atoms with Gasteiger partial charge in [0.1, 0.15) is 5.82 Å². The third-order valence-corrected chi connectivity index (χ3v) is 3.39. The van der Waals surface area contributed by atoms with Crippen molar-refractivity contribution in [3.05, 3.63) is 57.5 Å². The minimum atomic E-state index is -0.0704. The predicted octanol–water partition coefficient (Wildman–Crippen LogP) is 2.63. The quantitative estimate of drug-likeness (QED) is 0.713. The Hall–Kier alpha value is -2.07. The van der Waals surface area contributed by atoms with Crippen molar-refractivity contribution >= 4 is 27.9 Å². The molecule has 17 heavy (non-hydrogen) atoms. The highest BCUT2D eigenvalue weighted by molar-refractivity contribution is 7.08. The van der Waals surface area contributed by atoms with Gasteiger partial charge in [0.2, 0.25) is 0 Å². The van der Waals surface area contributed by atoms with E-state index in [0.717, 1.165) is 11.1 Å². The van der Waals surface area contributed by atoms with Crippen LogP contribution < -0.4 is 11.3 Å². The lowest BCUT2D eigenvalue weighted by atomic mass is 10.1. The van der Waals surface area contributed by atoms with Crippen LogP contribution in [-0.2, 0) is 0 Å². The number of nitrogens with two attached hydrogens (primary N) is 1. The maximum absolute atomic E-state index is 12.3. The lowest BCUT2D eigenvalue weighted by Gasteiger charge is -2.09. The molecule has 0 aliphatic heterocycles. The third kappa shape index (κ3) is 1.54. The summed E-state index contributed by atoms with van der Waals surface area (Å²) >= 11 is 1.54. The van der Waals surface area contributed by atoms with Crippen molar-refractivity contribution in [3.8, 4) is 5.69 Å². The Morgan fingerprint density at radius 3 is 2.76 bits per heavy atom. The molecule has 0 aliphatic carbocycles. The molecule has 3 aromatic rings. The molecule has 0 amide bonds. The number of rotatable bonds is 1. The maximum atomic E-state index is 12.3. The summed E-state index contributed by atoms with van der Waals surface area (Å²) in [6.45, 7) is 0. The molecule has 84 valence electrons. The van der Waals surface area contributed by atoms with Crippen LogP contribution in [-0.4, -0.2) is 4.57 Å². The highest BCUT2D eigenvalue weighted by Crippen LogP contribution is 2.18. The summed E-state index contributed by atoms with van der Waals surface area (Å²) in [5, 5.41) is 5.40. The molecule has 0 radical (unpaired) electrons. The molecule has 3 nitrogen and oxygen atoms in total. The van der Waals surface area contributed by atoms with Crippen molar-refractivity contribution in [2.24, 2.45) is 0 Å². The number of fused-ring (bicyclic) bond motifs is 1. The van der Waals surface area contributed by atoms with Gasteiger partial charge in [-0.2, -0.15) is 11.3 Å². The van der Waals surface area contributed by atoms with Crippen molar-refractivity contribution in [2.45, 2.75) is 0 Å². The fourth-order valence-electron chi connectivity index (χ4n) is 1.93. The maximum Gasteiger partial charge on any atom is 0.264 e. The molecule has 0 aliphatic rings. The van der Waals surface area contributed by atoms with Gasteiger partial charge in [0, 0.05) is 10.8 Å². The highest BCUT2D eigenvalue weighted by Gasteiger charge is 2.08. The summed E-state index contributed by atoms with van der Waals surface area (Å²) in [4.78, 5) is 12.3. The molecule has 0 atom stereocenters. The Labute approximate surface area is 102 Å². The van der Waals surface area contributed by atoms with Gasteiger partial charge in [-0.05, 0) is 29.0 Å². The Bertz CT molecular complexity index is 729. The number of hydrogen-bond acceptors (Lipinski definition) is 3. The first-order valence-corrected chi connectivity index (χ1v) is 6.14. The molecule has 0 fully saturated rings. The fraction of sp³-hybridized carbons (Fsp3) is 0. The van der Waals surface area contributed by atoms with E-state index in [0.29, 0.717) is 11.2 Å². The molecule has 2 N–H and O–H groups in total. The molecule has 3 rings (SSSR count). The number of hydrogen-bond donors (Lipinski definition) is 1. The summed E-state index contributed by atoms with van der Waals surface area (Å²) in [6.07, 6.45) is 0. The van der Waals surface area contributed by atoms with Crippen LogP contribution in [0.5, 0.6) is 0 Å². The highest BCUT2D eigenvalue weighted by atomic mass is 32.1. The van der Waals surface area contributed by atoms with Crippen LogP contribution in [0.15, 0.2) is 52.0 Å². The first-order chi connectivity index (χ1) is 8.27. The Morgan fingerprint density at radius 1 is 1.18 bits per heavy atom. The molecular weight excluding hydrogens is 232 g/mol. The third-order valence-electron chi connectivity index (χ3n) is 2.72. The van der Waals surface area contributed by atoms with Gasteiger partial charge in [-0.15, -0.1) is 0 Å². The average molecular weight is 242 g/mol. The minimum Gasteiger partial charge on any atom is -0.385 e. The van der Waals surface area contributed by atoms with Gasteiger partial charge in [0.25, 0.3) is 5.56 Å². The number of nitrogens with zero attached hydrogens (tertiary/aromatic N) is 1. The van der Waals surface area contributed by atoms with E-state index in [2.05, 4.69) is 0 Å². The van der Waals surface area contributed by atoms with Crippen molar-refractivity contribution in [3.63, 3.8) is 0 Å². The Balaban J connectivity index is 2.44. The van der Waals surface area contributed by atoms with E-state index in [4.69, 9.17) is 5.73 Å². The second-order valence-corrected chi connectivity index (χ2v) is 4.56. The van der Waals surface area contributed by atoms with E-state index >= 15 is 0 Å². The van der Waals surface area contributed by atoms with Crippen LogP contribution in [0.2, 0.25) is 0 Å². The van der Waals surface area contributed by atoms with Crippen molar-refractivity contribution in [1.29, 1.82) is 0 Å². The molecule has 0 bridgehead atoms. The SMILES string of the molecule is Nc1cc2ccccc2c(=O)n1-c1ccsc1. The number of nitrogen functional groups attached to an aromatic ring is 1. The summed E-state index contributed by atoms with van der Waals surface area (Å²) in [5.41, 5.74) is 6.70. The van der Waals surface area contributed by atoms with E-state index in [1.165, 1.54) is 0 Å². The largest absolute Gasteiger partial charge is 0.385 e. The van der Waals surface area contributed by atoms with Gasteiger partial charge >= 0.3 is 0 Å². The zero-order valence-corrected chi connectivity index (χ0v) is 9.78. The van der Waals surface area contributed by atoms with Crippen LogP contribution in [0.3, 0.4) is 0 Å². The molecule has 1 aromatic carbocycles. The lowest BCUT2D eigenvalue weighted by molar-refractivity contribution is 1.03. The number of aromatic nitrogens is 1. The summed E-state index contributed by atoms with van der Waals surface area (Å²) in [6, 6.07) is 11.2. The number of thiophene rings is 1. The van der Waals surface area contributed by atoms with Crippen LogP contribution in [0.1, 0.15) is 0 Å². The van der Waals surface area contributed by atoms with E-state index in [1.807, 2.05) is 47.2 Å². The fourth-order valence-corrected chi connectivity index (χ4v) is 2.55. The monoisotopic (exact) mass is 242 g/mol. The molecule has 0 unspecified atom stereocenters. The van der Waals surface area contributed by atoms with Gasteiger partial charge in [-0.3, -0.25) is 9.36 Å². The van der Waals surface area contributed by atoms with E-state index in [9.17, 15) is 4.79 Å². The minimum absolute atomic E-state index is 0.0704. The second kappa shape index (κ2) is 3.75. The molecule has 0 saturated heterocycles. The van der Waals surface area contributed by atoms with Crippen LogP contribution in [0.25, 0.3) is 16.5 Å². The topological polar surface area (TPSA) is 48.0 Å². The lowest BCUT2D eigenvalue weighted by Crippen LogP contribution is -2.20. The van der Waals surface area contributed by atoms with Gasteiger partial charge in [-0.25, -0.2) is 0 Å². The van der Waals surface area contributed by atoms with E-state index in [1.54, 1.807) is 15.9 Å². The zero-order chi connectivity index (χ0) is 11.8. The van der Waals surface area contributed by atoms with Crippen molar-refractivity contribution in [2.75, 3.05) is 5.73 Å². The van der Waals surface area contributed by atoms with Gasteiger partial charge in [0.15, 0.2) is 0 Å². The first kappa shape index (κ1) is 10.1. The predicted molar refractivity (Wildman–Crippen MR) is 71.8 cm³/mol. The van der Waals surface area contributed by atoms with Crippen LogP contribution in [0.4, 0.5) is 5.82 Å².